The van der Waals surface area contributed by atoms with Crippen LogP contribution in [0, 0.1) is 0 Å². The quantitative estimate of drug-likeness (QED) is 0.584. The van der Waals surface area contributed by atoms with Crippen LogP contribution in [-0.2, 0) is 9.59 Å². The van der Waals surface area contributed by atoms with Gasteiger partial charge >= 0.3 is 12.1 Å². The first-order chi connectivity index (χ1) is 13.6. The van der Waals surface area contributed by atoms with Gasteiger partial charge in [-0.3, -0.25) is 0 Å². The minimum atomic E-state index is -0.985. The third-order valence-corrected chi connectivity index (χ3v) is 4.00. The van der Waals surface area contributed by atoms with Crippen molar-refractivity contribution in [3.05, 3.63) is 84.4 Å². The van der Waals surface area contributed by atoms with Crippen LogP contribution in [0.1, 0.15) is 10.4 Å². The van der Waals surface area contributed by atoms with Gasteiger partial charge in [0.25, 0.3) is 0 Å². The van der Waals surface area contributed by atoms with Gasteiger partial charge in [0.1, 0.15) is 0 Å². The Morgan fingerprint density at radius 3 is 2.11 bits per heavy atom. The lowest BCUT2D eigenvalue weighted by atomic mass is 10.1. The minimum absolute atomic E-state index is 0.193. The fourth-order valence-corrected chi connectivity index (χ4v) is 2.75. The summed E-state index contributed by atoms with van der Waals surface area (Å²) in [6.07, 6.45) is 0.250. The minimum Gasteiger partial charge on any atom is -0.478 e. The lowest BCUT2D eigenvalue weighted by Crippen LogP contribution is -2.00. The zero-order chi connectivity index (χ0) is 19.9. The van der Waals surface area contributed by atoms with Gasteiger partial charge in [-0.2, -0.15) is 9.59 Å². The van der Waals surface area contributed by atoms with E-state index in [4.69, 9.17) is 9.59 Å². The Hall–Kier alpha value is -4.15. The molecule has 4 aromatic rings. The van der Waals surface area contributed by atoms with Crippen LogP contribution in [0.3, 0.4) is 0 Å². The van der Waals surface area contributed by atoms with Gasteiger partial charge in [-0.1, -0.05) is 54.6 Å². The topological polar surface area (TPSA) is 97.2 Å². The molecule has 0 aliphatic carbocycles. The molecule has 0 saturated carbocycles. The monoisotopic (exact) mass is 370 g/mol. The average molecular weight is 370 g/mol. The highest BCUT2D eigenvalue weighted by Gasteiger charge is 2.12. The van der Waals surface area contributed by atoms with E-state index in [-0.39, 0.29) is 11.7 Å². The van der Waals surface area contributed by atoms with Crippen LogP contribution in [0.4, 0.5) is 0 Å². The second-order valence-electron chi connectivity index (χ2n) is 5.77. The second-order valence-corrected chi connectivity index (χ2v) is 5.77. The van der Waals surface area contributed by atoms with E-state index in [0.29, 0.717) is 17.1 Å². The largest absolute Gasteiger partial charge is 0.478 e. The predicted molar refractivity (Wildman–Crippen MR) is 102 cm³/mol. The summed E-state index contributed by atoms with van der Waals surface area (Å²) >= 11 is 0. The van der Waals surface area contributed by atoms with Crippen molar-refractivity contribution in [3.8, 4) is 22.6 Å². The highest BCUT2D eigenvalue weighted by Crippen LogP contribution is 2.25. The third kappa shape index (κ3) is 4.15. The van der Waals surface area contributed by atoms with E-state index in [9.17, 15) is 9.90 Å². The van der Waals surface area contributed by atoms with Gasteiger partial charge in [-0.15, -0.1) is 0 Å². The number of hydrogen-bond donors (Lipinski definition) is 1. The van der Waals surface area contributed by atoms with E-state index in [1.54, 1.807) is 12.1 Å². The number of benzene rings is 2. The Labute approximate surface area is 160 Å². The second kappa shape index (κ2) is 8.49. The standard InChI is InChI=1S/C21H14N2O2.CO2/c24-21(25)16-12-19(14-6-2-1-3-7-14)23-20(13-16)18-11-10-15-8-4-5-9-17(15)22-18;2-1-3/h1-13H,(H,24,25);. The molecule has 2 aromatic carbocycles. The summed E-state index contributed by atoms with van der Waals surface area (Å²) in [6, 6.07) is 24.3. The number of rotatable bonds is 3. The fourth-order valence-electron chi connectivity index (χ4n) is 2.75. The number of aromatic nitrogens is 2. The summed E-state index contributed by atoms with van der Waals surface area (Å²) in [5.74, 6) is -0.985. The Bertz CT molecular complexity index is 1170. The predicted octanol–water partition coefficient (Wildman–Crippen LogP) is 4.08. The molecule has 0 atom stereocenters. The highest BCUT2D eigenvalue weighted by molar-refractivity contribution is 5.91. The zero-order valence-electron chi connectivity index (χ0n) is 14.6. The van der Waals surface area contributed by atoms with E-state index >= 15 is 0 Å². The summed E-state index contributed by atoms with van der Waals surface area (Å²) in [7, 11) is 0. The van der Waals surface area contributed by atoms with Crippen molar-refractivity contribution in [2.75, 3.05) is 0 Å². The molecule has 6 heteroatoms. The molecule has 0 saturated heterocycles. The van der Waals surface area contributed by atoms with E-state index < -0.39 is 5.97 Å². The molecule has 0 fully saturated rings. The summed E-state index contributed by atoms with van der Waals surface area (Å²) in [5, 5.41) is 10.5. The summed E-state index contributed by atoms with van der Waals surface area (Å²) in [5.41, 5.74) is 3.73. The lowest BCUT2D eigenvalue weighted by molar-refractivity contribution is -0.191. The molecule has 136 valence electrons. The Morgan fingerprint density at radius 2 is 1.39 bits per heavy atom. The Balaban J connectivity index is 0.000000706. The molecule has 4 rings (SSSR count). The van der Waals surface area contributed by atoms with Crippen molar-refractivity contribution in [2.24, 2.45) is 0 Å². The maximum absolute atomic E-state index is 11.5. The van der Waals surface area contributed by atoms with Gasteiger partial charge in [-0.25, -0.2) is 14.8 Å². The van der Waals surface area contributed by atoms with Crippen LogP contribution >= 0.6 is 0 Å². The number of nitrogens with zero attached hydrogens (tertiary/aromatic N) is 2. The molecule has 2 aromatic heterocycles. The molecule has 0 unspecified atom stereocenters. The van der Waals surface area contributed by atoms with Crippen LogP contribution in [0.15, 0.2) is 78.9 Å². The van der Waals surface area contributed by atoms with Crippen molar-refractivity contribution in [3.63, 3.8) is 0 Å². The zero-order valence-corrected chi connectivity index (χ0v) is 14.6. The van der Waals surface area contributed by atoms with E-state index in [1.807, 2.05) is 66.7 Å². The SMILES string of the molecule is O=C(O)c1cc(-c2ccccc2)nc(-c2ccc3ccccc3n2)c1.O=C=O. The van der Waals surface area contributed by atoms with E-state index in [2.05, 4.69) is 9.97 Å². The number of carboxylic acids is 1. The molecule has 0 radical (unpaired) electrons. The van der Waals surface area contributed by atoms with Crippen LogP contribution < -0.4 is 0 Å². The Kier molecular flexibility index (Phi) is 5.65. The molecular weight excluding hydrogens is 356 g/mol. The molecular formula is C22H14N2O4. The van der Waals surface area contributed by atoms with Crippen molar-refractivity contribution >= 4 is 23.0 Å². The highest BCUT2D eigenvalue weighted by atomic mass is 16.4. The first-order valence-corrected chi connectivity index (χ1v) is 8.28. The maximum Gasteiger partial charge on any atom is 0.373 e. The van der Waals surface area contributed by atoms with Crippen LogP contribution in [0.25, 0.3) is 33.5 Å². The van der Waals surface area contributed by atoms with E-state index in [0.717, 1.165) is 16.5 Å². The smallest absolute Gasteiger partial charge is 0.373 e. The number of carbonyl (C=O) groups is 1. The lowest BCUT2D eigenvalue weighted by Gasteiger charge is -2.08. The molecule has 0 aliphatic heterocycles. The van der Waals surface area contributed by atoms with Crippen molar-refractivity contribution in [1.82, 2.24) is 9.97 Å². The van der Waals surface area contributed by atoms with Gasteiger partial charge in [0, 0.05) is 10.9 Å². The summed E-state index contributed by atoms with van der Waals surface area (Å²) < 4.78 is 0. The number of carboxylic acid groups (broad SMARTS) is 1. The molecule has 0 amide bonds. The third-order valence-electron chi connectivity index (χ3n) is 4.00. The van der Waals surface area contributed by atoms with Crippen molar-refractivity contribution < 1.29 is 19.5 Å². The van der Waals surface area contributed by atoms with Crippen molar-refractivity contribution in [2.45, 2.75) is 0 Å². The number of para-hydroxylation sites is 1. The summed E-state index contributed by atoms with van der Waals surface area (Å²) in [4.78, 5) is 37.0. The first-order valence-electron chi connectivity index (χ1n) is 8.28. The van der Waals surface area contributed by atoms with Crippen LogP contribution in [0.5, 0.6) is 0 Å². The maximum atomic E-state index is 11.5. The van der Waals surface area contributed by atoms with Gasteiger partial charge in [0.2, 0.25) is 0 Å². The number of fused-ring (bicyclic) bond motifs is 1. The molecule has 6 nitrogen and oxygen atoms in total. The summed E-state index contributed by atoms with van der Waals surface area (Å²) in [6.45, 7) is 0. The number of pyridine rings is 2. The first kappa shape index (κ1) is 18.6. The van der Waals surface area contributed by atoms with Gasteiger partial charge in [-0.05, 0) is 24.3 Å². The van der Waals surface area contributed by atoms with Crippen LogP contribution in [0.2, 0.25) is 0 Å². The van der Waals surface area contributed by atoms with Gasteiger partial charge < -0.3 is 5.11 Å². The molecule has 28 heavy (non-hydrogen) atoms. The number of carbonyl (C=O) groups excluding carboxylic acids is 2. The number of aromatic carboxylic acids is 1. The van der Waals surface area contributed by atoms with Gasteiger partial charge in [0.05, 0.1) is 28.2 Å². The number of hydrogen-bond acceptors (Lipinski definition) is 5. The molecule has 0 spiro atoms. The van der Waals surface area contributed by atoms with E-state index in [1.165, 1.54) is 0 Å². The van der Waals surface area contributed by atoms with Crippen molar-refractivity contribution in [1.29, 1.82) is 0 Å². The normalized spacial score (nSPS) is 9.86. The molecule has 0 bridgehead atoms. The fraction of sp³-hybridized carbons (Fsp3) is 0. The molecule has 2 heterocycles. The van der Waals surface area contributed by atoms with Crippen LogP contribution in [-0.4, -0.2) is 27.2 Å². The average Bonchev–Trinajstić information content (AvgIpc) is 2.74. The molecule has 1 N–H and O–H groups in total. The Morgan fingerprint density at radius 1 is 0.750 bits per heavy atom. The van der Waals surface area contributed by atoms with Gasteiger partial charge in [0.15, 0.2) is 0 Å². The molecule has 0 aliphatic rings.